The van der Waals surface area contributed by atoms with Gasteiger partial charge < -0.3 is 0 Å². The summed E-state index contributed by atoms with van der Waals surface area (Å²) in [4.78, 5) is 0. The van der Waals surface area contributed by atoms with Crippen LogP contribution in [0.25, 0.3) is 0 Å². The maximum Gasteiger partial charge on any atom is 0.0651 e. The molecule has 1 aromatic rings. The van der Waals surface area contributed by atoms with Gasteiger partial charge in [-0.15, -0.1) is 6.42 Å². The van der Waals surface area contributed by atoms with Crippen molar-refractivity contribution in [3.8, 4) is 12.3 Å². The van der Waals surface area contributed by atoms with E-state index < -0.39 is 0 Å². The van der Waals surface area contributed by atoms with Crippen molar-refractivity contribution < 1.29 is 0 Å². The number of aryl methyl sites for hydroxylation is 1. The van der Waals surface area contributed by atoms with Crippen LogP contribution in [0.5, 0.6) is 0 Å². The molecule has 2 heteroatoms. The molecule has 0 radical (unpaired) electrons. The number of nitrogens with zero attached hydrogens (tertiary/aromatic N) is 2. The highest BCUT2D eigenvalue weighted by molar-refractivity contribution is 5.33. The first-order chi connectivity index (χ1) is 4.25. The summed E-state index contributed by atoms with van der Waals surface area (Å²) < 4.78 is 1.76. The Hall–Kier alpha value is -1.23. The minimum absolute atomic E-state index is 0.873. The minimum atomic E-state index is 0.873. The summed E-state index contributed by atoms with van der Waals surface area (Å²) in [6.07, 6.45) is 6.85. The van der Waals surface area contributed by atoms with Crippen LogP contribution in [0.15, 0.2) is 6.20 Å². The third-order valence-electron chi connectivity index (χ3n) is 1.39. The van der Waals surface area contributed by atoms with Crippen LogP contribution in [-0.4, -0.2) is 9.78 Å². The maximum atomic E-state index is 5.16. The van der Waals surface area contributed by atoms with Crippen molar-refractivity contribution in [1.29, 1.82) is 0 Å². The van der Waals surface area contributed by atoms with E-state index in [0.29, 0.717) is 0 Å². The smallest absolute Gasteiger partial charge is 0.0651 e. The summed E-state index contributed by atoms with van der Waals surface area (Å²) >= 11 is 0. The van der Waals surface area contributed by atoms with Gasteiger partial charge in [0.1, 0.15) is 0 Å². The van der Waals surface area contributed by atoms with Crippen molar-refractivity contribution in [2.45, 2.75) is 6.92 Å². The van der Waals surface area contributed by atoms with E-state index in [9.17, 15) is 0 Å². The molecule has 46 valence electrons. The molecular weight excluding hydrogens is 112 g/mol. The van der Waals surface area contributed by atoms with Crippen molar-refractivity contribution in [3.05, 3.63) is 17.5 Å². The maximum absolute atomic E-state index is 5.16. The average molecular weight is 120 g/mol. The fraction of sp³-hybridized carbons (Fsp3) is 0.286. The lowest BCUT2D eigenvalue weighted by Crippen LogP contribution is -1.92. The molecule has 0 unspecified atom stereocenters. The summed E-state index contributed by atoms with van der Waals surface area (Å²) in [5.74, 6) is 2.53. The van der Waals surface area contributed by atoms with Crippen LogP contribution in [0.3, 0.4) is 0 Å². The van der Waals surface area contributed by atoms with Gasteiger partial charge in [-0.3, -0.25) is 4.68 Å². The number of aromatic nitrogens is 2. The number of rotatable bonds is 0. The number of terminal acetylenes is 1. The van der Waals surface area contributed by atoms with Gasteiger partial charge in [0, 0.05) is 7.05 Å². The monoisotopic (exact) mass is 120 g/mol. The Kier molecular flexibility index (Phi) is 1.27. The van der Waals surface area contributed by atoms with E-state index in [-0.39, 0.29) is 0 Å². The Morgan fingerprint density at radius 1 is 1.78 bits per heavy atom. The summed E-state index contributed by atoms with van der Waals surface area (Å²) in [5.41, 5.74) is 1.91. The Morgan fingerprint density at radius 2 is 2.44 bits per heavy atom. The van der Waals surface area contributed by atoms with E-state index in [0.717, 1.165) is 11.3 Å². The lowest BCUT2D eigenvalue weighted by molar-refractivity contribution is 0.740. The molecule has 0 atom stereocenters. The van der Waals surface area contributed by atoms with Crippen LogP contribution >= 0.6 is 0 Å². The third-order valence-corrected chi connectivity index (χ3v) is 1.39. The molecule has 0 saturated heterocycles. The molecule has 9 heavy (non-hydrogen) atoms. The SMILES string of the molecule is C#Cc1cnn(C)c1C. The fourth-order valence-electron chi connectivity index (χ4n) is 0.640. The zero-order valence-corrected chi connectivity index (χ0v) is 5.55. The molecule has 0 saturated carbocycles. The van der Waals surface area contributed by atoms with Gasteiger partial charge in [0.15, 0.2) is 0 Å². The Morgan fingerprint density at radius 3 is 2.67 bits per heavy atom. The van der Waals surface area contributed by atoms with Crippen LogP contribution < -0.4 is 0 Å². The quantitative estimate of drug-likeness (QED) is 0.461. The third kappa shape index (κ3) is 0.812. The Bertz CT molecular complexity index is 252. The molecule has 0 N–H and O–H groups in total. The van der Waals surface area contributed by atoms with E-state index >= 15 is 0 Å². The largest absolute Gasteiger partial charge is 0.272 e. The lowest BCUT2D eigenvalue weighted by Gasteiger charge is -1.90. The zero-order valence-electron chi connectivity index (χ0n) is 5.55. The number of hydrogen-bond acceptors (Lipinski definition) is 1. The summed E-state index contributed by atoms with van der Waals surface area (Å²) in [5, 5.41) is 3.96. The summed E-state index contributed by atoms with van der Waals surface area (Å²) in [6, 6.07) is 0. The van der Waals surface area contributed by atoms with Gasteiger partial charge in [-0.2, -0.15) is 5.10 Å². The highest BCUT2D eigenvalue weighted by Crippen LogP contribution is 2.01. The zero-order chi connectivity index (χ0) is 6.85. The first-order valence-electron chi connectivity index (χ1n) is 2.71. The molecule has 0 aliphatic carbocycles. The lowest BCUT2D eigenvalue weighted by atomic mass is 10.3. The fourth-order valence-corrected chi connectivity index (χ4v) is 0.640. The second-order valence-corrected chi connectivity index (χ2v) is 1.91. The van der Waals surface area contributed by atoms with Crippen molar-refractivity contribution in [3.63, 3.8) is 0 Å². The second kappa shape index (κ2) is 1.94. The van der Waals surface area contributed by atoms with Gasteiger partial charge in [0.05, 0.1) is 17.5 Å². The average Bonchev–Trinajstić information content (AvgIpc) is 2.15. The molecule has 1 heterocycles. The predicted molar refractivity (Wildman–Crippen MR) is 35.9 cm³/mol. The first-order valence-corrected chi connectivity index (χ1v) is 2.71. The van der Waals surface area contributed by atoms with Crippen LogP contribution in [0.4, 0.5) is 0 Å². The highest BCUT2D eigenvalue weighted by Gasteiger charge is 1.96. The van der Waals surface area contributed by atoms with Crippen molar-refractivity contribution >= 4 is 0 Å². The molecule has 0 aromatic carbocycles. The van der Waals surface area contributed by atoms with Gasteiger partial charge in [-0.25, -0.2) is 0 Å². The summed E-state index contributed by atoms with van der Waals surface area (Å²) in [7, 11) is 1.87. The predicted octanol–water partition coefficient (Wildman–Crippen LogP) is 0.710. The first kappa shape index (κ1) is 5.90. The van der Waals surface area contributed by atoms with Gasteiger partial charge in [-0.05, 0) is 6.92 Å². The second-order valence-electron chi connectivity index (χ2n) is 1.91. The molecule has 0 amide bonds. The van der Waals surface area contributed by atoms with E-state index in [2.05, 4.69) is 11.0 Å². The van der Waals surface area contributed by atoms with Crippen molar-refractivity contribution in [2.75, 3.05) is 0 Å². The van der Waals surface area contributed by atoms with E-state index in [4.69, 9.17) is 6.42 Å². The molecule has 0 aliphatic rings. The van der Waals surface area contributed by atoms with E-state index in [1.807, 2.05) is 14.0 Å². The van der Waals surface area contributed by atoms with Crippen LogP contribution in [0, 0.1) is 19.3 Å². The molecule has 1 aromatic heterocycles. The number of hydrogen-bond donors (Lipinski definition) is 0. The van der Waals surface area contributed by atoms with Gasteiger partial charge in [0.25, 0.3) is 0 Å². The molecule has 0 fully saturated rings. The van der Waals surface area contributed by atoms with E-state index in [1.54, 1.807) is 10.9 Å². The van der Waals surface area contributed by atoms with Crippen LogP contribution in [0.2, 0.25) is 0 Å². The standard InChI is InChI=1S/C7H8N2/c1-4-7-5-8-9(3)6(7)2/h1,5H,2-3H3. The molecule has 1 rings (SSSR count). The Labute approximate surface area is 54.5 Å². The van der Waals surface area contributed by atoms with Crippen LogP contribution in [0.1, 0.15) is 11.3 Å². The molecule has 0 bridgehead atoms. The van der Waals surface area contributed by atoms with Crippen molar-refractivity contribution in [1.82, 2.24) is 9.78 Å². The minimum Gasteiger partial charge on any atom is -0.272 e. The van der Waals surface area contributed by atoms with Gasteiger partial charge in [0.2, 0.25) is 0 Å². The molecular formula is C7H8N2. The molecule has 0 spiro atoms. The normalized spacial score (nSPS) is 9.00. The van der Waals surface area contributed by atoms with E-state index in [1.165, 1.54) is 0 Å². The van der Waals surface area contributed by atoms with Gasteiger partial charge >= 0.3 is 0 Å². The topological polar surface area (TPSA) is 17.8 Å². The molecule has 0 aliphatic heterocycles. The molecule has 2 nitrogen and oxygen atoms in total. The summed E-state index contributed by atoms with van der Waals surface area (Å²) in [6.45, 7) is 1.95. The van der Waals surface area contributed by atoms with Crippen LogP contribution in [-0.2, 0) is 7.05 Å². The van der Waals surface area contributed by atoms with Gasteiger partial charge in [-0.1, -0.05) is 5.92 Å². The highest BCUT2D eigenvalue weighted by atomic mass is 15.3. The Balaban J connectivity index is 3.24. The van der Waals surface area contributed by atoms with Crippen molar-refractivity contribution in [2.24, 2.45) is 7.05 Å².